The van der Waals surface area contributed by atoms with Gasteiger partial charge in [-0.1, -0.05) is 40.2 Å². The number of cyclic esters (lactones) is 1. The number of aryl methyl sites for hydroxylation is 1. The quantitative estimate of drug-likeness (QED) is 0.360. The Labute approximate surface area is 256 Å². The number of aliphatic hydroxyl groups excluding tert-OH is 2. The second-order valence-corrected chi connectivity index (χ2v) is 16.4. The Morgan fingerprint density at radius 3 is 2.50 bits per heavy atom. The Bertz CT molecular complexity index is 1400. The van der Waals surface area contributed by atoms with E-state index >= 15 is 0 Å². The van der Waals surface area contributed by atoms with Crippen molar-refractivity contribution in [2.24, 2.45) is 17.3 Å². The molecular weight excluding hydrogens is 597 g/mol. The molecule has 2 aliphatic heterocycles. The zero-order valence-electron chi connectivity index (χ0n) is 25.0. The van der Waals surface area contributed by atoms with Crippen LogP contribution < -0.4 is 0 Å². The van der Waals surface area contributed by atoms with Crippen molar-refractivity contribution in [3.63, 3.8) is 0 Å². The normalized spacial score (nSPS) is 33.6. The van der Waals surface area contributed by atoms with Crippen LogP contribution in [-0.2, 0) is 24.3 Å². The molecule has 0 saturated carbocycles. The molecule has 2 aromatic rings. The largest absolute Gasteiger partial charge is 0.458 e. The van der Waals surface area contributed by atoms with Crippen LogP contribution in [0.4, 0.5) is 0 Å². The number of sulfonamides is 1. The van der Waals surface area contributed by atoms with E-state index in [1.54, 1.807) is 38.3 Å². The van der Waals surface area contributed by atoms with Crippen molar-refractivity contribution in [3.05, 3.63) is 39.2 Å². The maximum absolute atomic E-state index is 13.6. The van der Waals surface area contributed by atoms with Crippen molar-refractivity contribution in [1.82, 2.24) is 9.29 Å². The highest BCUT2D eigenvalue weighted by Gasteiger charge is 2.56. The molecule has 4 rings (SSSR count). The van der Waals surface area contributed by atoms with Crippen LogP contribution in [0.5, 0.6) is 0 Å². The predicted molar refractivity (Wildman–Crippen MR) is 164 cm³/mol. The van der Waals surface area contributed by atoms with Gasteiger partial charge < -0.3 is 14.9 Å². The average molecular weight is 639 g/mol. The molecule has 8 atom stereocenters. The number of rotatable bonds is 4. The summed E-state index contributed by atoms with van der Waals surface area (Å²) in [4.78, 5) is 31.1. The molecule has 2 saturated heterocycles. The smallest absolute Gasteiger partial charge is 0.309 e. The molecule has 2 aromatic heterocycles. The first-order chi connectivity index (χ1) is 19.6. The molecule has 0 bridgehead atoms. The van der Waals surface area contributed by atoms with E-state index in [-0.39, 0.29) is 34.4 Å². The summed E-state index contributed by atoms with van der Waals surface area (Å²) in [6.45, 7) is 10.4. The van der Waals surface area contributed by atoms with Gasteiger partial charge in [0.05, 0.1) is 34.7 Å². The van der Waals surface area contributed by atoms with E-state index in [1.807, 2.05) is 32.2 Å². The molecule has 2 aliphatic rings. The summed E-state index contributed by atoms with van der Waals surface area (Å²) >= 11 is 2.66. The second kappa shape index (κ2) is 13.0. The van der Waals surface area contributed by atoms with Crippen LogP contribution >= 0.6 is 22.7 Å². The number of thiazole rings is 1. The molecule has 0 aliphatic carbocycles. The minimum Gasteiger partial charge on any atom is -0.458 e. The number of ketones is 1. The maximum atomic E-state index is 13.6. The number of Topliss-reactive ketones (excluding diaryl/α,β-unsaturated/α-hetero) is 1. The highest BCUT2D eigenvalue weighted by atomic mass is 32.2. The fourth-order valence-corrected chi connectivity index (χ4v) is 9.44. The maximum Gasteiger partial charge on any atom is 0.309 e. The molecular formula is C30H42N2O7S3. The molecule has 0 spiro atoms. The zero-order chi connectivity index (χ0) is 31.0. The second-order valence-electron chi connectivity index (χ2n) is 12.3. The number of thiophene rings is 1. The van der Waals surface area contributed by atoms with E-state index in [4.69, 9.17) is 4.74 Å². The highest BCUT2D eigenvalue weighted by molar-refractivity contribution is 7.91. The molecule has 12 heteroatoms. The Morgan fingerprint density at radius 1 is 1.17 bits per heavy atom. The number of fused-ring (bicyclic) bond motifs is 1. The third-order valence-electron chi connectivity index (χ3n) is 8.78. The number of ether oxygens (including phenoxy) is 1. The number of aromatic nitrogens is 1. The van der Waals surface area contributed by atoms with Crippen molar-refractivity contribution in [1.29, 1.82) is 0 Å². The molecule has 0 amide bonds. The van der Waals surface area contributed by atoms with Gasteiger partial charge in [-0.05, 0) is 55.7 Å². The molecule has 42 heavy (non-hydrogen) atoms. The van der Waals surface area contributed by atoms with Crippen molar-refractivity contribution in [2.75, 3.05) is 0 Å². The summed E-state index contributed by atoms with van der Waals surface area (Å²) in [6.07, 6.45) is 0.495. The lowest BCUT2D eigenvalue weighted by atomic mass is 9.73. The molecule has 2 fully saturated rings. The SMILES string of the molecule is C/C(=C\c1csc(C)n1)[C@@H]1C[C@H]2[C@@H](CCC[C@H](C)C(O)[C@@H](C)C(=O)C(C)(C)[C@@H](O)CC(=O)O1)N2S(=O)(=O)c1cccs1. The third kappa shape index (κ3) is 7.05. The third-order valence-corrected chi connectivity index (χ3v) is 12.9. The number of nitrogens with zero attached hydrogens (tertiary/aromatic N) is 2. The van der Waals surface area contributed by atoms with Crippen LogP contribution in [0, 0.1) is 24.2 Å². The lowest BCUT2D eigenvalue weighted by Gasteiger charge is -2.34. The van der Waals surface area contributed by atoms with Gasteiger partial charge in [0.15, 0.2) is 0 Å². The first-order valence-corrected chi connectivity index (χ1v) is 17.6. The minimum absolute atomic E-state index is 0.214. The Morgan fingerprint density at radius 2 is 1.88 bits per heavy atom. The number of aliphatic hydroxyl groups is 2. The monoisotopic (exact) mass is 638 g/mol. The minimum atomic E-state index is -3.74. The van der Waals surface area contributed by atoms with Gasteiger partial charge in [0, 0.05) is 29.8 Å². The molecule has 9 nitrogen and oxygen atoms in total. The van der Waals surface area contributed by atoms with Crippen LogP contribution in [0.2, 0.25) is 0 Å². The van der Waals surface area contributed by atoms with Crippen molar-refractivity contribution < 1.29 is 33.0 Å². The van der Waals surface area contributed by atoms with Gasteiger partial charge in [0.25, 0.3) is 10.0 Å². The van der Waals surface area contributed by atoms with E-state index < -0.39 is 52.1 Å². The van der Waals surface area contributed by atoms with Crippen LogP contribution in [0.15, 0.2) is 32.7 Å². The number of carbonyl (C=O) groups excluding carboxylic acids is 2. The molecule has 0 aromatic carbocycles. The van der Waals surface area contributed by atoms with Gasteiger partial charge in [-0.3, -0.25) is 9.59 Å². The first-order valence-electron chi connectivity index (χ1n) is 14.4. The Balaban J connectivity index is 1.68. The Hall–Kier alpha value is -1.96. The summed E-state index contributed by atoms with van der Waals surface area (Å²) in [6, 6.07) is 2.63. The van der Waals surface area contributed by atoms with Crippen molar-refractivity contribution in [3.8, 4) is 0 Å². The lowest BCUT2D eigenvalue weighted by molar-refractivity contribution is -0.154. The number of esters is 1. The average Bonchev–Trinajstić information content (AvgIpc) is 3.25. The molecule has 4 heterocycles. The van der Waals surface area contributed by atoms with Gasteiger partial charge in [-0.25, -0.2) is 13.4 Å². The summed E-state index contributed by atoms with van der Waals surface area (Å²) < 4.78 is 34.9. The summed E-state index contributed by atoms with van der Waals surface area (Å²) in [5, 5.41) is 26.5. The van der Waals surface area contributed by atoms with E-state index in [0.29, 0.717) is 24.8 Å². The number of hydrogen-bond acceptors (Lipinski definition) is 10. The predicted octanol–water partition coefficient (Wildman–Crippen LogP) is 4.82. The number of hydrogen-bond donors (Lipinski definition) is 2. The summed E-state index contributed by atoms with van der Waals surface area (Å²) in [7, 11) is -3.74. The summed E-state index contributed by atoms with van der Waals surface area (Å²) in [5.74, 6) is -1.98. The van der Waals surface area contributed by atoms with E-state index in [2.05, 4.69) is 4.98 Å². The number of carbonyl (C=O) groups is 2. The van der Waals surface area contributed by atoms with Gasteiger partial charge in [-0.15, -0.1) is 22.7 Å². The van der Waals surface area contributed by atoms with Crippen molar-refractivity contribution >= 4 is 50.5 Å². The van der Waals surface area contributed by atoms with Gasteiger partial charge in [-0.2, -0.15) is 4.31 Å². The molecule has 2 N–H and O–H groups in total. The molecule has 2 unspecified atom stereocenters. The summed E-state index contributed by atoms with van der Waals surface area (Å²) in [5.41, 5.74) is 0.146. The molecule has 0 radical (unpaired) electrons. The van der Waals surface area contributed by atoms with Crippen LogP contribution in [0.25, 0.3) is 6.08 Å². The fraction of sp³-hybridized carbons (Fsp3) is 0.633. The van der Waals surface area contributed by atoms with Crippen LogP contribution in [0.3, 0.4) is 0 Å². The van der Waals surface area contributed by atoms with Gasteiger partial charge >= 0.3 is 5.97 Å². The van der Waals surface area contributed by atoms with Crippen LogP contribution in [-0.4, -0.2) is 70.1 Å². The van der Waals surface area contributed by atoms with Crippen molar-refractivity contribution in [2.45, 2.75) is 108 Å². The topological polar surface area (TPSA) is 134 Å². The molecule has 232 valence electrons. The lowest BCUT2D eigenvalue weighted by Crippen LogP contribution is -2.45. The van der Waals surface area contributed by atoms with Gasteiger partial charge in [0.2, 0.25) is 0 Å². The van der Waals surface area contributed by atoms with E-state index in [9.17, 15) is 28.2 Å². The Kier molecular flexibility index (Phi) is 10.2. The van der Waals surface area contributed by atoms with Gasteiger partial charge in [0.1, 0.15) is 16.1 Å². The van der Waals surface area contributed by atoms with Crippen LogP contribution in [0.1, 0.15) is 77.4 Å². The zero-order valence-corrected chi connectivity index (χ0v) is 27.5. The van der Waals surface area contributed by atoms with E-state index in [0.717, 1.165) is 10.7 Å². The first kappa shape index (κ1) is 32.9. The highest BCUT2D eigenvalue weighted by Crippen LogP contribution is 2.44. The fourth-order valence-electron chi connectivity index (χ4n) is 5.92. The standard InChI is InChI=1S/C30H42N2O7S3/c1-17-9-7-10-22-23(32(22)42(37,38)27-11-8-12-40-27)14-24(18(2)13-21-16-41-20(4)31-21)39-26(34)15-25(33)30(5,6)29(36)19(3)28(17)35/h8,11-13,16-17,19,22-25,28,33,35H,7,9-10,14-15H2,1-6H3/b18-13+/t17-,19+,22+,23-,24-,25-,28?,32?/m0/s1. The van der Waals surface area contributed by atoms with E-state index in [1.165, 1.54) is 27.0 Å².